The number of aliphatic imine (C=N–C) groups is 1. The molecule has 0 amide bonds. The average molecular weight is 254 g/mol. The minimum Gasteiger partial charge on any atom is -1.00 e. The zero-order valence-electron chi connectivity index (χ0n) is 10.7. The third-order valence-corrected chi connectivity index (χ3v) is 1.28. The number of carboxylic acids is 1. The maximum Gasteiger partial charge on any atom is 1.00 e. The second-order valence-electron chi connectivity index (χ2n) is 2.39. The fourth-order valence-electron chi connectivity index (χ4n) is 0.643. The van der Waals surface area contributed by atoms with Crippen LogP contribution in [0.4, 0.5) is 0 Å². The van der Waals surface area contributed by atoms with Crippen molar-refractivity contribution in [2.45, 2.75) is 18.9 Å². The average Bonchev–Trinajstić information content (AvgIpc) is 1.97. The predicted octanol–water partition coefficient (Wildman–Crippen LogP) is -7.32. The van der Waals surface area contributed by atoms with E-state index in [-0.39, 0.29) is 112 Å². The SMILES string of the molecule is NC(N)=NCCCC(N)C(=O)O.[H-].[H-].[K+].[K+]. The molecule has 0 radical (unpaired) electrons. The van der Waals surface area contributed by atoms with E-state index < -0.39 is 12.0 Å². The molecule has 0 rings (SSSR count). The summed E-state index contributed by atoms with van der Waals surface area (Å²) in [5.74, 6) is -0.987. The summed E-state index contributed by atoms with van der Waals surface area (Å²) >= 11 is 0. The summed E-state index contributed by atoms with van der Waals surface area (Å²) in [6, 6.07) is -0.820. The van der Waals surface area contributed by atoms with Crippen LogP contribution >= 0.6 is 0 Å². The Labute approximate surface area is 171 Å². The number of carbonyl (C=O) groups is 1. The summed E-state index contributed by atoms with van der Waals surface area (Å²) in [4.78, 5) is 13.9. The normalized spacial score (nSPS) is 10.4. The van der Waals surface area contributed by atoms with Crippen LogP contribution in [-0.2, 0) is 4.79 Å². The molecule has 0 spiro atoms. The number of carboxylic acid groups (broad SMARTS) is 1. The Balaban J connectivity index is -0.000000101. The van der Waals surface area contributed by atoms with Crippen molar-refractivity contribution < 1.29 is 116 Å². The van der Waals surface area contributed by atoms with Crippen LogP contribution in [0.3, 0.4) is 0 Å². The fraction of sp³-hybridized carbons (Fsp3) is 0.667. The monoisotopic (exact) mass is 254 g/mol. The molecular weight excluding hydrogens is 238 g/mol. The molecule has 74 valence electrons. The van der Waals surface area contributed by atoms with Crippen molar-refractivity contribution in [3.63, 3.8) is 0 Å². The number of aliphatic carboxylic acids is 1. The molecule has 7 N–H and O–H groups in total. The molecule has 0 heterocycles. The molecular formula is C6H16K2N4O2. The standard InChI is InChI=1S/C6H14N4O2.2K.2H/c7-4(5(11)12)2-1-3-10-6(8)9;;;;/h4H,1-3,7H2,(H,11,12)(H4,8,9,10);;;;/q;2*+1;2*-1. The minimum atomic E-state index is -1.00. The number of rotatable bonds is 5. The quantitative estimate of drug-likeness (QED) is 0.168. The molecule has 0 saturated heterocycles. The summed E-state index contributed by atoms with van der Waals surface area (Å²) < 4.78 is 0. The zero-order chi connectivity index (χ0) is 9.56. The largest absolute Gasteiger partial charge is 1.00 e. The smallest absolute Gasteiger partial charge is 1.00 e. The molecule has 0 aromatic rings. The van der Waals surface area contributed by atoms with Crippen molar-refractivity contribution in [2.24, 2.45) is 22.2 Å². The maximum absolute atomic E-state index is 10.2. The number of nitrogens with two attached hydrogens (primary N) is 3. The van der Waals surface area contributed by atoms with Crippen LogP contribution in [0.5, 0.6) is 0 Å². The van der Waals surface area contributed by atoms with Gasteiger partial charge in [-0.1, -0.05) is 0 Å². The van der Waals surface area contributed by atoms with Crippen LogP contribution in [0.25, 0.3) is 0 Å². The van der Waals surface area contributed by atoms with Gasteiger partial charge in [0.05, 0.1) is 0 Å². The first-order valence-electron chi connectivity index (χ1n) is 3.58. The molecule has 0 aromatic heterocycles. The first-order chi connectivity index (χ1) is 5.54. The van der Waals surface area contributed by atoms with E-state index in [2.05, 4.69) is 4.99 Å². The Morgan fingerprint density at radius 3 is 2.29 bits per heavy atom. The molecule has 0 aliphatic heterocycles. The second kappa shape index (κ2) is 13.0. The van der Waals surface area contributed by atoms with E-state index in [0.29, 0.717) is 19.4 Å². The molecule has 0 fully saturated rings. The van der Waals surface area contributed by atoms with Crippen molar-refractivity contribution in [3.05, 3.63) is 0 Å². The number of hydrogen-bond acceptors (Lipinski definition) is 3. The number of hydrogen-bond donors (Lipinski definition) is 4. The molecule has 1 atom stereocenters. The minimum absolute atomic E-state index is 0. The van der Waals surface area contributed by atoms with Gasteiger partial charge in [0, 0.05) is 6.54 Å². The molecule has 0 bridgehead atoms. The van der Waals surface area contributed by atoms with Gasteiger partial charge >= 0.3 is 109 Å². The van der Waals surface area contributed by atoms with Gasteiger partial charge in [-0.15, -0.1) is 0 Å². The Bertz CT molecular complexity index is 193. The van der Waals surface area contributed by atoms with Crippen LogP contribution in [0.2, 0.25) is 0 Å². The summed E-state index contributed by atoms with van der Waals surface area (Å²) in [7, 11) is 0. The number of nitrogens with zero attached hydrogens (tertiary/aromatic N) is 1. The summed E-state index contributed by atoms with van der Waals surface area (Å²) in [6.07, 6.45) is 0.956. The van der Waals surface area contributed by atoms with E-state index >= 15 is 0 Å². The third kappa shape index (κ3) is 14.0. The Hall–Kier alpha value is 1.97. The van der Waals surface area contributed by atoms with Crippen LogP contribution < -0.4 is 120 Å². The molecule has 14 heavy (non-hydrogen) atoms. The first-order valence-corrected chi connectivity index (χ1v) is 3.58. The first kappa shape index (κ1) is 21.3. The van der Waals surface area contributed by atoms with Crippen molar-refractivity contribution >= 4 is 11.9 Å². The van der Waals surface area contributed by atoms with Gasteiger partial charge in [0.1, 0.15) is 6.04 Å². The molecule has 0 aromatic carbocycles. The second-order valence-corrected chi connectivity index (χ2v) is 2.39. The summed E-state index contributed by atoms with van der Waals surface area (Å²) in [5.41, 5.74) is 15.3. The van der Waals surface area contributed by atoms with Gasteiger partial charge in [-0.25, -0.2) is 0 Å². The molecule has 0 saturated carbocycles. The molecule has 1 unspecified atom stereocenters. The van der Waals surface area contributed by atoms with Crippen molar-refractivity contribution in [2.75, 3.05) is 6.54 Å². The fourth-order valence-corrected chi connectivity index (χ4v) is 0.643. The number of guanidine groups is 1. The summed E-state index contributed by atoms with van der Waals surface area (Å²) in [5, 5.41) is 8.38. The van der Waals surface area contributed by atoms with E-state index in [1.165, 1.54) is 0 Å². The maximum atomic E-state index is 10.2. The zero-order valence-corrected chi connectivity index (χ0v) is 15.0. The van der Waals surface area contributed by atoms with Crippen molar-refractivity contribution in [3.8, 4) is 0 Å². The van der Waals surface area contributed by atoms with E-state index in [1.54, 1.807) is 0 Å². The van der Waals surface area contributed by atoms with E-state index in [9.17, 15) is 4.79 Å². The van der Waals surface area contributed by atoms with Crippen molar-refractivity contribution in [1.29, 1.82) is 0 Å². The molecule has 0 aliphatic carbocycles. The van der Waals surface area contributed by atoms with Crippen LogP contribution in [-0.4, -0.2) is 29.6 Å². The third-order valence-electron chi connectivity index (χ3n) is 1.28. The van der Waals surface area contributed by atoms with E-state index in [4.69, 9.17) is 22.3 Å². The predicted molar refractivity (Wildman–Crippen MR) is 47.7 cm³/mol. The Kier molecular flexibility index (Phi) is 19.8. The van der Waals surface area contributed by atoms with Crippen LogP contribution in [0.15, 0.2) is 4.99 Å². The topological polar surface area (TPSA) is 128 Å². The molecule has 8 heteroatoms. The molecule has 0 aliphatic rings. The van der Waals surface area contributed by atoms with Gasteiger partial charge in [0.2, 0.25) is 0 Å². The Morgan fingerprint density at radius 1 is 1.43 bits per heavy atom. The molecule has 6 nitrogen and oxygen atoms in total. The van der Waals surface area contributed by atoms with Crippen molar-refractivity contribution in [1.82, 2.24) is 0 Å². The van der Waals surface area contributed by atoms with E-state index in [1.807, 2.05) is 0 Å². The van der Waals surface area contributed by atoms with Gasteiger partial charge in [-0.3, -0.25) is 9.79 Å². The summed E-state index contributed by atoms with van der Waals surface area (Å²) in [6.45, 7) is 0.420. The van der Waals surface area contributed by atoms with Gasteiger partial charge in [0.15, 0.2) is 5.96 Å². The van der Waals surface area contributed by atoms with Crippen LogP contribution in [0, 0.1) is 0 Å². The van der Waals surface area contributed by atoms with Gasteiger partial charge in [-0.2, -0.15) is 0 Å². The van der Waals surface area contributed by atoms with Gasteiger partial charge in [-0.05, 0) is 12.8 Å². The van der Waals surface area contributed by atoms with E-state index in [0.717, 1.165) is 0 Å². The Morgan fingerprint density at radius 2 is 1.93 bits per heavy atom. The van der Waals surface area contributed by atoms with Gasteiger partial charge in [0.25, 0.3) is 0 Å². The van der Waals surface area contributed by atoms with Gasteiger partial charge < -0.3 is 25.2 Å². The van der Waals surface area contributed by atoms with Crippen LogP contribution in [0.1, 0.15) is 15.7 Å².